The Morgan fingerprint density at radius 3 is 2.89 bits per heavy atom. The topological polar surface area (TPSA) is 86.7 Å². The molecule has 2 aliphatic rings. The van der Waals surface area contributed by atoms with Gasteiger partial charge in [0.15, 0.2) is 5.82 Å². The van der Waals surface area contributed by atoms with E-state index in [9.17, 15) is 4.79 Å². The van der Waals surface area contributed by atoms with Gasteiger partial charge in [0.25, 0.3) is 5.91 Å². The highest BCUT2D eigenvalue weighted by Gasteiger charge is 2.31. The van der Waals surface area contributed by atoms with Crippen LogP contribution in [0, 0.1) is 5.92 Å². The van der Waals surface area contributed by atoms with Gasteiger partial charge in [0.05, 0.1) is 6.54 Å². The molecule has 1 saturated carbocycles. The summed E-state index contributed by atoms with van der Waals surface area (Å²) >= 11 is 0. The summed E-state index contributed by atoms with van der Waals surface area (Å²) in [4.78, 5) is 14.8. The Kier molecular flexibility index (Phi) is 4.03. The third-order valence-electron chi connectivity index (χ3n) is 5.69. The molecule has 0 N–H and O–H groups in total. The lowest BCUT2D eigenvalue weighted by Crippen LogP contribution is -2.36. The second-order valence-electron chi connectivity index (χ2n) is 7.68. The number of fused-ring (bicyclic) bond motifs is 1. The average molecular weight is 380 g/mol. The highest BCUT2D eigenvalue weighted by molar-refractivity contribution is 5.92. The summed E-state index contributed by atoms with van der Waals surface area (Å²) in [6.45, 7) is 4.88. The lowest BCUT2D eigenvalue weighted by Gasteiger charge is -2.27. The fraction of sp³-hybridized carbons (Fsp3) is 0.526. The summed E-state index contributed by atoms with van der Waals surface area (Å²) in [6, 6.07) is 1.79. The second-order valence-corrected chi connectivity index (χ2v) is 7.68. The predicted octanol–water partition coefficient (Wildman–Crippen LogP) is 1.50. The van der Waals surface area contributed by atoms with E-state index in [1.807, 2.05) is 29.7 Å². The Bertz CT molecular complexity index is 1020. The molecule has 5 rings (SSSR count). The number of nitrogens with zero attached hydrogens (tertiary/aromatic N) is 8. The molecule has 0 bridgehead atoms. The maximum Gasteiger partial charge on any atom is 0.274 e. The van der Waals surface area contributed by atoms with Gasteiger partial charge in [-0.1, -0.05) is 0 Å². The summed E-state index contributed by atoms with van der Waals surface area (Å²) in [5, 5.41) is 17.6. The quantitative estimate of drug-likeness (QED) is 0.670. The number of carbonyl (C=O) groups is 1. The second kappa shape index (κ2) is 6.57. The first-order valence-corrected chi connectivity index (χ1v) is 9.89. The van der Waals surface area contributed by atoms with Crippen LogP contribution in [0.3, 0.4) is 0 Å². The van der Waals surface area contributed by atoms with Gasteiger partial charge in [-0.3, -0.25) is 14.2 Å². The zero-order valence-electron chi connectivity index (χ0n) is 16.2. The fourth-order valence-corrected chi connectivity index (χ4v) is 3.91. The molecule has 0 saturated heterocycles. The van der Waals surface area contributed by atoms with Gasteiger partial charge in [0.1, 0.15) is 17.7 Å². The van der Waals surface area contributed by atoms with Crippen molar-refractivity contribution in [3.05, 3.63) is 35.5 Å². The SMILES string of the molecule is CCn1ccc(C(=O)N2CCc3c(c(-c4nncn4CC4CC4)nn3C)C2)n1. The van der Waals surface area contributed by atoms with Gasteiger partial charge >= 0.3 is 0 Å². The smallest absolute Gasteiger partial charge is 0.274 e. The highest BCUT2D eigenvalue weighted by atomic mass is 16.2. The van der Waals surface area contributed by atoms with Gasteiger partial charge < -0.3 is 9.47 Å². The lowest BCUT2D eigenvalue weighted by atomic mass is 10.0. The monoisotopic (exact) mass is 380 g/mol. The van der Waals surface area contributed by atoms with Crippen molar-refractivity contribution >= 4 is 5.91 Å². The molecule has 0 radical (unpaired) electrons. The zero-order valence-corrected chi connectivity index (χ0v) is 16.2. The average Bonchev–Trinajstić information content (AvgIpc) is 3.08. The molecule has 0 atom stereocenters. The molecule has 1 amide bonds. The summed E-state index contributed by atoms with van der Waals surface area (Å²) in [7, 11) is 1.96. The van der Waals surface area contributed by atoms with E-state index in [1.54, 1.807) is 17.1 Å². The van der Waals surface area contributed by atoms with E-state index in [-0.39, 0.29) is 5.91 Å². The van der Waals surface area contributed by atoms with E-state index in [0.29, 0.717) is 18.8 Å². The van der Waals surface area contributed by atoms with Crippen molar-refractivity contribution < 1.29 is 4.79 Å². The molecule has 146 valence electrons. The molecule has 4 heterocycles. The molecule has 1 fully saturated rings. The minimum atomic E-state index is -0.0351. The first kappa shape index (κ1) is 17.2. The first-order valence-electron chi connectivity index (χ1n) is 9.89. The van der Waals surface area contributed by atoms with Crippen molar-refractivity contribution in [2.24, 2.45) is 13.0 Å². The minimum Gasteiger partial charge on any atom is -0.332 e. The molecule has 28 heavy (non-hydrogen) atoms. The van der Waals surface area contributed by atoms with Crippen molar-refractivity contribution in [2.45, 2.75) is 45.8 Å². The van der Waals surface area contributed by atoms with Crippen LogP contribution in [0.4, 0.5) is 0 Å². The predicted molar refractivity (Wildman–Crippen MR) is 101 cm³/mol. The van der Waals surface area contributed by atoms with Gasteiger partial charge in [-0.05, 0) is 31.7 Å². The van der Waals surface area contributed by atoms with E-state index in [4.69, 9.17) is 5.10 Å². The Hall–Kier alpha value is -2.97. The lowest BCUT2D eigenvalue weighted by molar-refractivity contribution is 0.0726. The normalized spacial score (nSPS) is 16.4. The molecule has 3 aromatic rings. The molecule has 0 aromatic carbocycles. The van der Waals surface area contributed by atoms with Crippen LogP contribution < -0.4 is 0 Å². The number of carbonyl (C=O) groups excluding carboxylic acids is 1. The van der Waals surface area contributed by atoms with Crippen LogP contribution in [-0.2, 0) is 33.1 Å². The molecule has 9 nitrogen and oxygen atoms in total. The maximum absolute atomic E-state index is 13.0. The number of hydrogen-bond acceptors (Lipinski definition) is 5. The summed E-state index contributed by atoms with van der Waals surface area (Å²) in [6.07, 6.45) is 6.95. The molecule has 9 heteroatoms. The van der Waals surface area contributed by atoms with E-state index in [1.165, 1.54) is 18.5 Å². The van der Waals surface area contributed by atoms with E-state index < -0.39 is 0 Å². The largest absolute Gasteiger partial charge is 0.332 e. The standard InChI is InChI=1S/C19H24N8O/c1-3-27-9-6-15(22-27)19(28)25-8-7-16-14(11-25)17(23-24(16)2)18-21-20-12-26(18)10-13-4-5-13/h6,9,12-13H,3-5,7-8,10-11H2,1-2H3. The van der Waals surface area contributed by atoms with Crippen molar-refractivity contribution in [3.63, 3.8) is 0 Å². The van der Waals surface area contributed by atoms with Crippen LogP contribution in [0.15, 0.2) is 18.6 Å². The van der Waals surface area contributed by atoms with Crippen molar-refractivity contribution in [1.29, 1.82) is 0 Å². The van der Waals surface area contributed by atoms with Crippen LogP contribution in [0.1, 0.15) is 41.5 Å². The van der Waals surface area contributed by atoms with Gasteiger partial charge in [0, 0.05) is 50.6 Å². The maximum atomic E-state index is 13.0. The third-order valence-corrected chi connectivity index (χ3v) is 5.69. The molecular weight excluding hydrogens is 356 g/mol. The zero-order chi connectivity index (χ0) is 19.3. The number of rotatable bonds is 5. The van der Waals surface area contributed by atoms with Gasteiger partial charge in [-0.15, -0.1) is 10.2 Å². The van der Waals surface area contributed by atoms with Crippen LogP contribution >= 0.6 is 0 Å². The number of hydrogen-bond donors (Lipinski definition) is 0. The molecule has 0 spiro atoms. The van der Waals surface area contributed by atoms with Gasteiger partial charge in [0.2, 0.25) is 0 Å². The van der Waals surface area contributed by atoms with Gasteiger partial charge in [-0.2, -0.15) is 10.2 Å². The van der Waals surface area contributed by atoms with Crippen molar-refractivity contribution in [3.8, 4) is 11.5 Å². The number of aromatic nitrogens is 7. The van der Waals surface area contributed by atoms with Crippen LogP contribution in [0.25, 0.3) is 11.5 Å². The number of amides is 1. The number of aryl methyl sites for hydroxylation is 2. The van der Waals surface area contributed by atoms with Crippen LogP contribution in [-0.4, -0.2) is 51.7 Å². The fourth-order valence-electron chi connectivity index (χ4n) is 3.91. The Morgan fingerprint density at radius 2 is 2.14 bits per heavy atom. The molecule has 1 aliphatic heterocycles. The first-order chi connectivity index (χ1) is 13.6. The highest BCUT2D eigenvalue weighted by Crippen LogP contribution is 2.33. The van der Waals surface area contributed by atoms with Crippen molar-refractivity contribution in [1.82, 2.24) is 39.2 Å². The van der Waals surface area contributed by atoms with E-state index in [2.05, 4.69) is 19.9 Å². The summed E-state index contributed by atoms with van der Waals surface area (Å²) in [5.41, 5.74) is 3.57. The Morgan fingerprint density at radius 1 is 1.29 bits per heavy atom. The molecule has 0 unspecified atom stereocenters. The molecule has 1 aliphatic carbocycles. The molecule has 3 aromatic heterocycles. The Labute approximate surface area is 163 Å². The summed E-state index contributed by atoms with van der Waals surface area (Å²) < 4.78 is 5.80. The minimum absolute atomic E-state index is 0.0351. The van der Waals surface area contributed by atoms with Crippen LogP contribution in [0.5, 0.6) is 0 Å². The third kappa shape index (κ3) is 2.90. The van der Waals surface area contributed by atoms with E-state index in [0.717, 1.165) is 42.5 Å². The van der Waals surface area contributed by atoms with Gasteiger partial charge in [-0.25, -0.2) is 0 Å². The summed E-state index contributed by atoms with van der Waals surface area (Å²) in [5.74, 6) is 1.49. The van der Waals surface area contributed by atoms with E-state index >= 15 is 0 Å². The molecular formula is C19H24N8O. The van der Waals surface area contributed by atoms with Crippen LogP contribution in [0.2, 0.25) is 0 Å². The van der Waals surface area contributed by atoms with Crippen molar-refractivity contribution in [2.75, 3.05) is 6.54 Å². The Balaban J connectivity index is 1.45.